The van der Waals surface area contributed by atoms with Crippen molar-refractivity contribution in [3.05, 3.63) is 29.8 Å². The Bertz CT molecular complexity index is 601. The monoisotopic (exact) mass is 306 g/mol. The molecular weight excluding hydrogens is 287 g/mol. The number of rotatable bonds is 1. The molecule has 1 aromatic heterocycles. The van der Waals surface area contributed by atoms with Crippen LogP contribution in [0.2, 0.25) is 0 Å². The zero-order valence-corrected chi connectivity index (χ0v) is 12.2. The fourth-order valence-electron chi connectivity index (χ4n) is 4.05. The van der Waals surface area contributed by atoms with Crippen LogP contribution in [-0.4, -0.2) is 38.8 Å². The van der Waals surface area contributed by atoms with E-state index >= 15 is 0 Å². The lowest BCUT2D eigenvalue weighted by Crippen LogP contribution is -2.45. The van der Waals surface area contributed by atoms with Gasteiger partial charge in [-0.05, 0) is 50.2 Å². The van der Waals surface area contributed by atoms with Crippen LogP contribution < -0.4 is 0 Å². The van der Waals surface area contributed by atoms with Gasteiger partial charge in [0.25, 0.3) is 5.91 Å². The van der Waals surface area contributed by atoms with Crippen molar-refractivity contribution >= 4 is 5.91 Å². The second-order valence-corrected chi connectivity index (χ2v) is 6.54. The number of aliphatic hydroxyl groups is 1. The summed E-state index contributed by atoms with van der Waals surface area (Å²) in [6, 6.07) is 1.29. The number of ether oxygens (including phenoxy) is 1. The Morgan fingerprint density at radius 1 is 1.27 bits per heavy atom. The average molecular weight is 306 g/mol. The first-order valence-corrected chi connectivity index (χ1v) is 7.88. The highest BCUT2D eigenvalue weighted by atomic mass is 19.1. The van der Waals surface area contributed by atoms with Crippen LogP contribution in [-0.2, 0) is 9.53 Å². The molecule has 1 saturated carbocycles. The first-order chi connectivity index (χ1) is 10.6. The van der Waals surface area contributed by atoms with Crippen LogP contribution in [0.3, 0.4) is 0 Å². The van der Waals surface area contributed by atoms with Crippen molar-refractivity contribution in [1.29, 1.82) is 0 Å². The molecule has 1 N–H and O–H groups in total. The summed E-state index contributed by atoms with van der Waals surface area (Å²) >= 11 is 0. The minimum absolute atomic E-state index is 0.00355. The molecular formula is C16H19FN2O3. The number of carbonyl (C=O) groups excluding carboxylic acids is 1. The molecule has 5 nitrogen and oxygen atoms in total. The predicted octanol–water partition coefficient (Wildman–Crippen LogP) is 1.91. The standard InChI is InChI=1S/C16H19FN2O3/c17-11-7-10(8-18-9-11)13-1-2-14-19(13)15(21)16(22-14)5-3-12(20)4-6-16/h7-9,12-14,20H,1-6H2. The Labute approximate surface area is 128 Å². The van der Waals surface area contributed by atoms with Crippen molar-refractivity contribution in [2.75, 3.05) is 0 Å². The number of halogens is 1. The molecule has 2 aliphatic heterocycles. The third-order valence-electron chi connectivity index (χ3n) is 5.19. The molecule has 1 amide bonds. The van der Waals surface area contributed by atoms with E-state index in [-0.39, 0.29) is 30.1 Å². The zero-order valence-electron chi connectivity index (χ0n) is 12.2. The maximum Gasteiger partial charge on any atom is 0.257 e. The van der Waals surface area contributed by atoms with Gasteiger partial charge in [-0.2, -0.15) is 0 Å². The molecule has 0 aromatic carbocycles. The number of amides is 1. The van der Waals surface area contributed by atoms with E-state index in [0.717, 1.165) is 18.4 Å². The molecule has 3 aliphatic rings. The third-order valence-corrected chi connectivity index (χ3v) is 5.19. The van der Waals surface area contributed by atoms with Gasteiger partial charge in [-0.3, -0.25) is 9.78 Å². The Morgan fingerprint density at radius 3 is 2.77 bits per heavy atom. The van der Waals surface area contributed by atoms with Crippen LogP contribution in [0.4, 0.5) is 4.39 Å². The summed E-state index contributed by atoms with van der Waals surface area (Å²) in [5.74, 6) is -0.389. The molecule has 3 fully saturated rings. The van der Waals surface area contributed by atoms with E-state index in [4.69, 9.17) is 4.74 Å². The summed E-state index contributed by atoms with van der Waals surface area (Å²) in [5, 5.41) is 9.67. The number of hydrogen-bond donors (Lipinski definition) is 1. The number of nitrogens with zero attached hydrogens (tertiary/aromatic N) is 2. The fraction of sp³-hybridized carbons (Fsp3) is 0.625. The van der Waals surface area contributed by atoms with Crippen molar-refractivity contribution in [2.24, 2.45) is 0 Å². The lowest BCUT2D eigenvalue weighted by Gasteiger charge is -2.33. The van der Waals surface area contributed by atoms with Crippen molar-refractivity contribution in [3.63, 3.8) is 0 Å². The topological polar surface area (TPSA) is 62.7 Å². The largest absolute Gasteiger partial charge is 0.393 e. The van der Waals surface area contributed by atoms with Crippen LogP contribution in [0.1, 0.15) is 50.1 Å². The molecule has 6 heteroatoms. The lowest BCUT2D eigenvalue weighted by atomic mass is 9.82. The van der Waals surface area contributed by atoms with Crippen LogP contribution in [0.5, 0.6) is 0 Å². The molecule has 118 valence electrons. The van der Waals surface area contributed by atoms with E-state index in [1.807, 2.05) is 0 Å². The second-order valence-electron chi connectivity index (χ2n) is 6.54. The normalized spacial score (nSPS) is 37.8. The van der Waals surface area contributed by atoms with Gasteiger partial charge in [-0.25, -0.2) is 4.39 Å². The Morgan fingerprint density at radius 2 is 2.05 bits per heavy atom. The number of carbonyl (C=O) groups is 1. The molecule has 1 aliphatic carbocycles. The van der Waals surface area contributed by atoms with Gasteiger partial charge in [0.1, 0.15) is 17.6 Å². The molecule has 4 rings (SSSR count). The number of hydrogen-bond acceptors (Lipinski definition) is 4. The van der Waals surface area contributed by atoms with E-state index in [0.29, 0.717) is 25.7 Å². The number of aliphatic hydroxyl groups excluding tert-OH is 1. The van der Waals surface area contributed by atoms with Crippen molar-refractivity contribution in [3.8, 4) is 0 Å². The van der Waals surface area contributed by atoms with Gasteiger partial charge in [0.15, 0.2) is 0 Å². The first kappa shape index (κ1) is 14.1. The average Bonchev–Trinajstić information content (AvgIpc) is 3.02. The molecule has 1 aromatic rings. The van der Waals surface area contributed by atoms with Crippen LogP contribution in [0.25, 0.3) is 0 Å². The van der Waals surface area contributed by atoms with Gasteiger partial charge < -0.3 is 14.7 Å². The fourth-order valence-corrected chi connectivity index (χ4v) is 4.05. The Balaban J connectivity index is 1.61. The second kappa shape index (κ2) is 4.99. The van der Waals surface area contributed by atoms with Gasteiger partial charge in [-0.1, -0.05) is 0 Å². The third kappa shape index (κ3) is 2.05. The maximum absolute atomic E-state index is 13.4. The van der Waals surface area contributed by atoms with E-state index in [9.17, 15) is 14.3 Å². The molecule has 3 heterocycles. The SMILES string of the molecule is O=C1N2C(CCC2c2cncc(F)c2)OC12CCC(O)CC2. The quantitative estimate of drug-likeness (QED) is 0.861. The molecule has 2 saturated heterocycles. The predicted molar refractivity (Wildman–Crippen MR) is 75.1 cm³/mol. The molecule has 22 heavy (non-hydrogen) atoms. The summed E-state index contributed by atoms with van der Waals surface area (Å²) in [6.45, 7) is 0. The van der Waals surface area contributed by atoms with Crippen molar-refractivity contribution in [2.45, 2.75) is 62.5 Å². The zero-order chi connectivity index (χ0) is 15.3. The summed E-state index contributed by atoms with van der Waals surface area (Å²) in [4.78, 5) is 18.6. The van der Waals surface area contributed by atoms with Crippen molar-refractivity contribution < 1.29 is 19.0 Å². The maximum atomic E-state index is 13.4. The molecule has 0 bridgehead atoms. The number of pyridine rings is 1. The van der Waals surface area contributed by atoms with Gasteiger partial charge in [-0.15, -0.1) is 0 Å². The summed E-state index contributed by atoms with van der Waals surface area (Å²) in [7, 11) is 0. The lowest BCUT2D eigenvalue weighted by molar-refractivity contribution is -0.143. The smallest absolute Gasteiger partial charge is 0.257 e. The Kier molecular flexibility index (Phi) is 3.20. The van der Waals surface area contributed by atoms with E-state index in [2.05, 4.69) is 4.98 Å². The molecule has 0 radical (unpaired) electrons. The highest BCUT2D eigenvalue weighted by Gasteiger charge is 2.57. The summed E-state index contributed by atoms with van der Waals surface area (Å²) < 4.78 is 19.5. The number of fused-ring (bicyclic) bond motifs is 1. The van der Waals surface area contributed by atoms with Crippen LogP contribution in [0.15, 0.2) is 18.5 Å². The van der Waals surface area contributed by atoms with E-state index in [1.165, 1.54) is 12.3 Å². The Hall–Kier alpha value is -1.53. The van der Waals surface area contributed by atoms with Crippen LogP contribution in [0, 0.1) is 5.82 Å². The van der Waals surface area contributed by atoms with E-state index < -0.39 is 5.60 Å². The van der Waals surface area contributed by atoms with Gasteiger partial charge >= 0.3 is 0 Å². The van der Waals surface area contributed by atoms with Gasteiger partial charge in [0.2, 0.25) is 0 Å². The van der Waals surface area contributed by atoms with E-state index in [1.54, 1.807) is 11.1 Å². The summed E-state index contributed by atoms with van der Waals surface area (Å²) in [6.07, 6.45) is 6.08. The highest BCUT2D eigenvalue weighted by molar-refractivity contribution is 5.88. The van der Waals surface area contributed by atoms with Crippen LogP contribution >= 0.6 is 0 Å². The minimum Gasteiger partial charge on any atom is -0.393 e. The van der Waals surface area contributed by atoms with Gasteiger partial charge in [0, 0.05) is 6.20 Å². The molecule has 1 spiro atoms. The molecule has 2 unspecified atom stereocenters. The highest BCUT2D eigenvalue weighted by Crippen LogP contribution is 2.48. The number of aromatic nitrogens is 1. The van der Waals surface area contributed by atoms with Crippen molar-refractivity contribution in [1.82, 2.24) is 9.88 Å². The minimum atomic E-state index is -0.774. The van der Waals surface area contributed by atoms with Gasteiger partial charge in [0.05, 0.1) is 18.3 Å². The molecule has 2 atom stereocenters. The first-order valence-electron chi connectivity index (χ1n) is 7.88. The summed E-state index contributed by atoms with van der Waals surface area (Å²) in [5.41, 5.74) is -0.0455.